The lowest BCUT2D eigenvalue weighted by Gasteiger charge is -2.42. The molecule has 100 valence electrons. The van der Waals surface area contributed by atoms with Crippen LogP contribution in [0.3, 0.4) is 0 Å². The number of nitrogens with zero attached hydrogens (tertiary/aromatic N) is 1. The standard InChI is InChI=1S/C14H21ClN2O/c1-17(2)14(10-6-11(16)7-10)9-4-5-13(18-3)12(15)8-9/h4-5,8,10-11,14H,6-7,16H2,1-3H3. The van der Waals surface area contributed by atoms with Crippen molar-refractivity contribution in [3.8, 4) is 5.75 Å². The molecule has 1 aliphatic rings. The quantitative estimate of drug-likeness (QED) is 0.913. The van der Waals surface area contributed by atoms with Crippen LogP contribution in [0.25, 0.3) is 0 Å². The number of hydrogen-bond donors (Lipinski definition) is 1. The molecular formula is C14H21ClN2O. The molecule has 0 aliphatic heterocycles. The molecule has 0 spiro atoms. The van der Waals surface area contributed by atoms with E-state index in [0.29, 0.717) is 23.0 Å². The number of hydrogen-bond acceptors (Lipinski definition) is 3. The number of methoxy groups -OCH3 is 1. The van der Waals surface area contributed by atoms with Crippen molar-refractivity contribution in [2.45, 2.75) is 24.9 Å². The van der Waals surface area contributed by atoms with Gasteiger partial charge < -0.3 is 15.4 Å². The second-order valence-electron chi connectivity index (χ2n) is 5.29. The van der Waals surface area contributed by atoms with Gasteiger partial charge in [-0.25, -0.2) is 0 Å². The van der Waals surface area contributed by atoms with E-state index in [-0.39, 0.29) is 0 Å². The van der Waals surface area contributed by atoms with Gasteiger partial charge in [-0.3, -0.25) is 0 Å². The van der Waals surface area contributed by atoms with Crippen molar-refractivity contribution in [3.05, 3.63) is 28.8 Å². The third-order valence-electron chi connectivity index (χ3n) is 3.73. The average Bonchev–Trinajstić information content (AvgIpc) is 2.27. The summed E-state index contributed by atoms with van der Waals surface area (Å²) in [6.07, 6.45) is 2.18. The Kier molecular flexibility index (Phi) is 4.15. The summed E-state index contributed by atoms with van der Waals surface area (Å²) in [5.41, 5.74) is 7.13. The van der Waals surface area contributed by atoms with Gasteiger partial charge in [0.1, 0.15) is 5.75 Å². The molecule has 4 heteroatoms. The molecule has 1 fully saturated rings. The number of rotatable bonds is 4. The van der Waals surface area contributed by atoms with Gasteiger partial charge in [0.2, 0.25) is 0 Å². The van der Waals surface area contributed by atoms with Crippen LogP contribution in [0, 0.1) is 5.92 Å². The van der Waals surface area contributed by atoms with Gasteiger partial charge >= 0.3 is 0 Å². The van der Waals surface area contributed by atoms with Crippen LogP contribution in [0.15, 0.2) is 18.2 Å². The van der Waals surface area contributed by atoms with E-state index < -0.39 is 0 Å². The Morgan fingerprint density at radius 1 is 1.39 bits per heavy atom. The zero-order chi connectivity index (χ0) is 13.3. The molecule has 0 radical (unpaired) electrons. The molecule has 1 saturated carbocycles. The third-order valence-corrected chi connectivity index (χ3v) is 4.03. The number of ether oxygens (including phenoxy) is 1. The lowest BCUT2D eigenvalue weighted by Crippen LogP contribution is -2.43. The maximum absolute atomic E-state index is 6.20. The molecule has 1 aromatic carbocycles. The van der Waals surface area contributed by atoms with Crippen molar-refractivity contribution in [1.29, 1.82) is 0 Å². The highest BCUT2D eigenvalue weighted by molar-refractivity contribution is 6.32. The van der Waals surface area contributed by atoms with Crippen molar-refractivity contribution < 1.29 is 4.74 Å². The lowest BCUT2D eigenvalue weighted by atomic mass is 9.73. The van der Waals surface area contributed by atoms with Crippen LogP contribution < -0.4 is 10.5 Å². The number of nitrogens with two attached hydrogens (primary N) is 1. The minimum atomic E-state index is 0.367. The molecule has 2 N–H and O–H groups in total. The first kappa shape index (κ1) is 13.7. The van der Waals surface area contributed by atoms with Crippen molar-refractivity contribution in [2.24, 2.45) is 11.7 Å². The molecule has 1 atom stereocenters. The summed E-state index contributed by atoms with van der Waals surface area (Å²) in [5, 5.41) is 0.672. The van der Waals surface area contributed by atoms with Crippen LogP contribution >= 0.6 is 11.6 Å². The van der Waals surface area contributed by atoms with E-state index in [2.05, 4.69) is 25.1 Å². The highest BCUT2D eigenvalue weighted by Gasteiger charge is 2.35. The Hall–Kier alpha value is -0.770. The minimum Gasteiger partial charge on any atom is -0.495 e. The van der Waals surface area contributed by atoms with Gasteiger partial charge in [-0.1, -0.05) is 17.7 Å². The van der Waals surface area contributed by atoms with E-state index in [4.69, 9.17) is 22.1 Å². The van der Waals surface area contributed by atoms with Crippen LogP contribution in [-0.2, 0) is 0 Å². The van der Waals surface area contributed by atoms with Crippen molar-refractivity contribution in [1.82, 2.24) is 4.90 Å². The molecule has 2 rings (SSSR count). The predicted molar refractivity (Wildman–Crippen MR) is 75.1 cm³/mol. The molecule has 0 heterocycles. The second kappa shape index (κ2) is 5.47. The molecule has 18 heavy (non-hydrogen) atoms. The third kappa shape index (κ3) is 2.63. The first-order valence-electron chi connectivity index (χ1n) is 6.28. The van der Waals surface area contributed by atoms with Gasteiger partial charge in [-0.2, -0.15) is 0 Å². The number of halogens is 1. The number of benzene rings is 1. The summed E-state index contributed by atoms with van der Waals surface area (Å²) < 4.78 is 5.19. The highest BCUT2D eigenvalue weighted by atomic mass is 35.5. The van der Waals surface area contributed by atoms with Crippen molar-refractivity contribution >= 4 is 11.6 Å². The lowest BCUT2D eigenvalue weighted by molar-refractivity contribution is 0.123. The van der Waals surface area contributed by atoms with Gasteiger partial charge in [0, 0.05) is 12.1 Å². The van der Waals surface area contributed by atoms with Crippen LogP contribution in [0.2, 0.25) is 5.02 Å². The Morgan fingerprint density at radius 2 is 2.06 bits per heavy atom. The molecule has 0 bridgehead atoms. The largest absolute Gasteiger partial charge is 0.495 e. The fourth-order valence-corrected chi connectivity index (χ4v) is 3.09. The Labute approximate surface area is 114 Å². The summed E-state index contributed by atoms with van der Waals surface area (Å²) in [5.74, 6) is 1.35. The summed E-state index contributed by atoms with van der Waals surface area (Å²) in [7, 11) is 5.84. The second-order valence-corrected chi connectivity index (χ2v) is 5.70. The molecule has 1 unspecified atom stereocenters. The molecular weight excluding hydrogens is 248 g/mol. The molecule has 0 amide bonds. The Balaban J connectivity index is 2.23. The maximum atomic E-state index is 6.20. The van der Waals surface area contributed by atoms with E-state index >= 15 is 0 Å². The Morgan fingerprint density at radius 3 is 2.50 bits per heavy atom. The monoisotopic (exact) mass is 268 g/mol. The van der Waals surface area contributed by atoms with Crippen LogP contribution in [0.1, 0.15) is 24.4 Å². The van der Waals surface area contributed by atoms with Gasteiger partial charge in [-0.05, 0) is 50.6 Å². The Bertz CT molecular complexity index is 416. The van der Waals surface area contributed by atoms with E-state index in [9.17, 15) is 0 Å². The van der Waals surface area contributed by atoms with Gasteiger partial charge in [0.05, 0.1) is 12.1 Å². The molecule has 3 nitrogen and oxygen atoms in total. The molecule has 1 aromatic rings. The zero-order valence-corrected chi connectivity index (χ0v) is 11.9. The SMILES string of the molecule is COc1ccc(C(C2CC(N)C2)N(C)C)cc1Cl. The molecule has 0 saturated heterocycles. The van der Waals surface area contributed by atoms with Crippen molar-refractivity contribution in [2.75, 3.05) is 21.2 Å². The van der Waals surface area contributed by atoms with Crippen LogP contribution in [0.4, 0.5) is 0 Å². The first-order chi connectivity index (χ1) is 8.52. The summed E-state index contributed by atoms with van der Waals surface area (Å²) in [6, 6.07) is 6.79. The normalized spacial score (nSPS) is 24.8. The highest BCUT2D eigenvalue weighted by Crippen LogP contribution is 2.41. The fourth-order valence-electron chi connectivity index (χ4n) is 2.83. The van der Waals surface area contributed by atoms with E-state index in [1.807, 2.05) is 12.1 Å². The van der Waals surface area contributed by atoms with Crippen LogP contribution in [-0.4, -0.2) is 32.1 Å². The van der Waals surface area contributed by atoms with E-state index in [1.54, 1.807) is 7.11 Å². The van der Waals surface area contributed by atoms with Gasteiger partial charge in [0.25, 0.3) is 0 Å². The van der Waals surface area contributed by atoms with Gasteiger partial charge in [0.15, 0.2) is 0 Å². The fraction of sp³-hybridized carbons (Fsp3) is 0.571. The first-order valence-corrected chi connectivity index (χ1v) is 6.66. The minimum absolute atomic E-state index is 0.367. The van der Waals surface area contributed by atoms with Crippen molar-refractivity contribution in [3.63, 3.8) is 0 Å². The molecule has 1 aliphatic carbocycles. The average molecular weight is 269 g/mol. The zero-order valence-electron chi connectivity index (χ0n) is 11.2. The summed E-state index contributed by atoms with van der Waals surface area (Å²) in [4.78, 5) is 2.24. The molecule has 0 aromatic heterocycles. The van der Waals surface area contributed by atoms with Crippen LogP contribution in [0.5, 0.6) is 5.75 Å². The summed E-state index contributed by atoms with van der Waals surface area (Å²) >= 11 is 6.20. The smallest absolute Gasteiger partial charge is 0.137 e. The summed E-state index contributed by atoms with van der Waals surface area (Å²) in [6.45, 7) is 0. The maximum Gasteiger partial charge on any atom is 0.137 e. The topological polar surface area (TPSA) is 38.5 Å². The van der Waals surface area contributed by atoms with E-state index in [0.717, 1.165) is 18.6 Å². The van der Waals surface area contributed by atoms with Gasteiger partial charge in [-0.15, -0.1) is 0 Å². The van der Waals surface area contributed by atoms with E-state index in [1.165, 1.54) is 5.56 Å². The predicted octanol–water partition coefficient (Wildman–Crippen LogP) is 2.69.